The number of hydrogen-bond donors (Lipinski definition) is 0. The second kappa shape index (κ2) is 10.9. The van der Waals surface area contributed by atoms with Gasteiger partial charge < -0.3 is 9.47 Å². The van der Waals surface area contributed by atoms with E-state index in [9.17, 15) is 19.7 Å². The van der Waals surface area contributed by atoms with E-state index in [1.165, 1.54) is 4.90 Å². The van der Waals surface area contributed by atoms with Crippen molar-refractivity contribution >= 4 is 40.4 Å². The van der Waals surface area contributed by atoms with Crippen LogP contribution in [0, 0.1) is 24.0 Å². The van der Waals surface area contributed by atoms with Gasteiger partial charge in [0.1, 0.15) is 5.69 Å². The normalized spacial score (nSPS) is 17.1. The highest BCUT2D eigenvalue weighted by molar-refractivity contribution is 8.18. The smallest absolute Gasteiger partial charge is 0.294 e. The van der Waals surface area contributed by atoms with Crippen LogP contribution in [0.25, 0.3) is 11.8 Å². The summed E-state index contributed by atoms with van der Waals surface area (Å²) in [5, 5.41) is 11.7. The quantitative estimate of drug-likeness (QED) is 0.203. The zero-order valence-corrected chi connectivity index (χ0v) is 22.4. The first-order valence-corrected chi connectivity index (χ1v) is 13.7. The van der Waals surface area contributed by atoms with Crippen molar-refractivity contribution in [2.24, 2.45) is 0 Å². The molecule has 0 radical (unpaired) electrons. The highest BCUT2D eigenvalue weighted by atomic mass is 32.2. The van der Waals surface area contributed by atoms with E-state index in [2.05, 4.69) is 4.90 Å². The van der Waals surface area contributed by atoms with E-state index in [1.807, 2.05) is 66.9 Å². The Kier molecular flexibility index (Phi) is 7.37. The standard InChI is InChI=1S/C29H30N4O4S/c1-20-17-23(18-27-28(34)31(29(35)38-27)16-13-22-9-5-3-6-10-22)21(2)32(20)24-11-12-25(26(19-24)33(36)37)30-14-7-4-8-15-30/h3,5-6,9-12,17-19H,4,7-8,13-16H2,1-2H3/b27-18-. The minimum atomic E-state index is -0.312. The van der Waals surface area contributed by atoms with Gasteiger partial charge in [0.2, 0.25) is 0 Å². The second-order valence-corrected chi connectivity index (χ2v) is 10.7. The summed E-state index contributed by atoms with van der Waals surface area (Å²) in [6.45, 7) is 5.83. The minimum absolute atomic E-state index is 0.0954. The number of nitro benzene ring substituents is 1. The van der Waals surface area contributed by atoms with Gasteiger partial charge >= 0.3 is 0 Å². The molecule has 3 heterocycles. The Morgan fingerprint density at radius 2 is 1.74 bits per heavy atom. The molecule has 2 aliphatic rings. The number of nitro groups is 1. The Morgan fingerprint density at radius 3 is 2.45 bits per heavy atom. The molecule has 2 fully saturated rings. The van der Waals surface area contributed by atoms with Gasteiger partial charge in [-0.15, -0.1) is 0 Å². The van der Waals surface area contributed by atoms with Crippen molar-refractivity contribution in [3.63, 3.8) is 0 Å². The number of carbonyl (C=O) groups is 2. The maximum Gasteiger partial charge on any atom is 0.294 e. The summed E-state index contributed by atoms with van der Waals surface area (Å²) in [7, 11) is 0. The van der Waals surface area contributed by atoms with E-state index in [0.29, 0.717) is 29.2 Å². The number of rotatable bonds is 7. The molecule has 5 rings (SSSR count). The molecular formula is C29H30N4O4S. The Balaban J connectivity index is 1.40. The third kappa shape index (κ3) is 5.11. The molecular weight excluding hydrogens is 500 g/mol. The summed E-state index contributed by atoms with van der Waals surface area (Å²) in [6, 6.07) is 17.1. The Hall–Kier alpha value is -3.85. The minimum Gasteiger partial charge on any atom is -0.366 e. The van der Waals surface area contributed by atoms with Crippen molar-refractivity contribution in [3.8, 4) is 5.69 Å². The van der Waals surface area contributed by atoms with E-state index in [0.717, 1.165) is 66.6 Å². The number of hydrogen-bond acceptors (Lipinski definition) is 6. The fourth-order valence-corrected chi connectivity index (χ4v) is 6.11. The van der Waals surface area contributed by atoms with Crippen molar-refractivity contribution in [1.82, 2.24) is 9.47 Å². The van der Waals surface area contributed by atoms with Gasteiger partial charge in [0.05, 0.1) is 15.5 Å². The van der Waals surface area contributed by atoms with Gasteiger partial charge in [-0.3, -0.25) is 24.6 Å². The third-order valence-corrected chi connectivity index (χ3v) is 8.12. The van der Waals surface area contributed by atoms with Gasteiger partial charge in [0.25, 0.3) is 16.8 Å². The molecule has 8 nitrogen and oxygen atoms in total. The van der Waals surface area contributed by atoms with Gasteiger partial charge in [-0.1, -0.05) is 30.3 Å². The molecule has 2 saturated heterocycles. The largest absolute Gasteiger partial charge is 0.366 e. The number of aromatic nitrogens is 1. The average Bonchev–Trinajstić information content (AvgIpc) is 3.36. The summed E-state index contributed by atoms with van der Waals surface area (Å²) >= 11 is 0.950. The van der Waals surface area contributed by atoms with Gasteiger partial charge in [0, 0.05) is 37.1 Å². The number of imide groups is 1. The molecule has 0 saturated carbocycles. The predicted octanol–water partition coefficient (Wildman–Crippen LogP) is 6.27. The van der Waals surface area contributed by atoms with Crippen LogP contribution in [0.4, 0.5) is 16.2 Å². The summed E-state index contributed by atoms with van der Waals surface area (Å²) in [4.78, 5) is 41.1. The number of piperidine rings is 1. The topological polar surface area (TPSA) is 88.7 Å². The van der Waals surface area contributed by atoms with Crippen LogP contribution in [0.3, 0.4) is 0 Å². The molecule has 0 spiro atoms. The fraction of sp³-hybridized carbons (Fsp3) is 0.310. The maximum atomic E-state index is 13.1. The zero-order valence-electron chi connectivity index (χ0n) is 21.6. The first-order valence-electron chi connectivity index (χ1n) is 12.9. The van der Waals surface area contributed by atoms with Crippen LogP contribution < -0.4 is 4.90 Å². The molecule has 2 amide bonds. The van der Waals surface area contributed by atoms with Gasteiger partial charge in [0.15, 0.2) is 0 Å². The molecule has 9 heteroatoms. The van der Waals surface area contributed by atoms with E-state index >= 15 is 0 Å². The van der Waals surface area contributed by atoms with Crippen molar-refractivity contribution in [1.29, 1.82) is 0 Å². The molecule has 1 aromatic heterocycles. The monoisotopic (exact) mass is 530 g/mol. The molecule has 2 aromatic carbocycles. The third-order valence-electron chi connectivity index (χ3n) is 7.21. The van der Waals surface area contributed by atoms with Crippen LogP contribution in [0.15, 0.2) is 59.5 Å². The number of amides is 2. The lowest BCUT2D eigenvalue weighted by Crippen LogP contribution is -2.30. The van der Waals surface area contributed by atoms with Crippen LogP contribution in [-0.2, 0) is 11.2 Å². The fourth-order valence-electron chi connectivity index (χ4n) is 5.25. The maximum absolute atomic E-state index is 13.1. The van der Waals surface area contributed by atoms with Crippen molar-refractivity contribution in [2.75, 3.05) is 24.5 Å². The van der Waals surface area contributed by atoms with E-state index in [1.54, 1.807) is 12.1 Å². The van der Waals surface area contributed by atoms with Crippen LogP contribution in [-0.4, -0.2) is 45.2 Å². The highest BCUT2D eigenvalue weighted by Crippen LogP contribution is 2.36. The zero-order chi connectivity index (χ0) is 26.8. The molecule has 0 atom stereocenters. The van der Waals surface area contributed by atoms with Crippen LogP contribution >= 0.6 is 11.8 Å². The Bertz CT molecular complexity index is 1420. The molecule has 3 aromatic rings. The predicted molar refractivity (Wildman–Crippen MR) is 151 cm³/mol. The van der Waals surface area contributed by atoms with Gasteiger partial charge in [-0.2, -0.15) is 0 Å². The first-order chi connectivity index (χ1) is 18.3. The van der Waals surface area contributed by atoms with Crippen LogP contribution in [0.2, 0.25) is 0 Å². The summed E-state index contributed by atoms with van der Waals surface area (Å²) in [5.41, 5.74) is 5.06. The Labute approximate surface area is 226 Å². The average molecular weight is 531 g/mol. The molecule has 0 unspecified atom stereocenters. The van der Waals surface area contributed by atoms with Crippen molar-refractivity contribution < 1.29 is 14.5 Å². The summed E-state index contributed by atoms with van der Waals surface area (Å²) in [6.07, 6.45) is 5.58. The number of thioether (sulfide) groups is 1. The van der Waals surface area contributed by atoms with Gasteiger partial charge in [-0.05, 0) is 86.7 Å². The lowest BCUT2D eigenvalue weighted by Gasteiger charge is -2.28. The van der Waals surface area contributed by atoms with E-state index < -0.39 is 0 Å². The number of aryl methyl sites for hydroxylation is 1. The Morgan fingerprint density at radius 1 is 1.00 bits per heavy atom. The van der Waals surface area contributed by atoms with E-state index in [4.69, 9.17) is 0 Å². The van der Waals surface area contributed by atoms with Crippen LogP contribution in [0.1, 0.15) is 41.8 Å². The lowest BCUT2D eigenvalue weighted by atomic mass is 10.1. The number of carbonyl (C=O) groups excluding carboxylic acids is 2. The van der Waals surface area contributed by atoms with E-state index in [-0.39, 0.29) is 21.8 Å². The summed E-state index contributed by atoms with van der Waals surface area (Å²) in [5.74, 6) is -0.290. The number of anilines is 1. The SMILES string of the molecule is Cc1cc(/C=C2\SC(=O)N(CCc3ccccc3)C2=O)c(C)n1-c1ccc(N2CCCCC2)c([N+](=O)[O-])c1. The first kappa shape index (κ1) is 25.8. The number of nitrogens with zero attached hydrogens (tertiary/aromatic N) is 4. The molecule has 0 bridgehead atoms. The molecule has 38 heavy (non-hydrogen) atoms. The molecule has 0 N–H and O–H groups in total. The van der Waals surface area contributed by atoms with Crippen molar-refractivity contribution in [2.45, 2.75) is 39.5 Å². The van der Waals surface area contributed by atoms with Gasteiger partial charge in [-0.25, -0.2) is 0 Å². The highest BCUT2D eigenvalue weighted by Gasteiger charge is 2.35. The van der Waals surface area contributed by atoms with Crippen LogP contribution in [0.5, 0.6) is 0 Å². The molecule has 196 valence electrons. The van der Waals surface area contributed by atoms with Crippen molar-refractivity contribution in [3.05, 3.63) is 92.1 Å². The molecule has 0 aliphatic carbocycles. The lowest BCUT2D eigenvalue weighted by molar-refractivity contribution is -0.384. The second-order valence-electron chi connectivity index (χ2n) is 9.71. The summed E-state index contributed by atoms with van der Waals surface area (Å²) < 4.78 is 1.96. The molecule has 2 aliphatic heterocycles. The number of benzene rings is 2.